The fourth-order valence-corrected chi connectivity index (χ4v) is 3.86. The standard InChI is InChI=1S/C18H24O2/c1-16(2)12-14(17(3,4)20-16)15(19)18(10-11-18)13-8-6-5-7-9-13/h5-9,14H,10-12H2,1-4H3. The van der Waals surface area contributed by atoms with E-state index in [1.807, 2.05) is 18.2 Å². The lowest BCUT2D eigenvalue weighted by Crippen LogP contribution is -2.39. The summed E-state index contributed by atoms with van der Waals surface area (Å²) >= 11 is 0. The summed E-state index contributed by atoms with van der Waals surface area (Å²) in [4.78, 5) is 13.2. The number of hydrogen-bond donors (Lipinski definition) is 0. The number of carbonyl (C=O) groups excluding carboxylic acids is 1. The molecular weight excluding hydrogens is 248 g/mol. The third-order valence-electron chi connectivity index (χ3n) is 4.94. The van der Waals surface area contributed by atoms with Crippen molar-refractivity contribution >= 4 is 5.78 Å². The van der Waals surface area contributed by atoms with Crippen LogP contribution in [0.15, 0.2) is 30.3 Å². The molecule has 1 heterocycles. The van der Waals surface area contributed by atoms with Crippen LogP contribution in [0.2, 0.25) is 0 Å². The third-order valence-corrected chi connectivity index (χ3v) is 4.94. The van der Waals surface area contributed by atoms with Crippen LogP contribution in [0, 0.1) is 5.92 Å². The van der Waals surface area contributed by atoms with Crippen LogP contribution in [0.3, 0.4) is 0 Å². The van der Waals surface area contributed by atoms with Gasteiger partial charge in [0, 0.05) is 5.92 Å². The van der Waals surface area contributed by atoms with Crippen molar-refractivity contribution in [2.75, 3.05) is 0 Å². The third kappa shape index (κ3) is 2.10. The average Bonchev–Trinajstić information content (AvgIpc) is 3.12. The van der Waals surface area contributed by atoms with E-state index >= 15 is 0 Å². The van der Waals surface area contributed by atoms with Gasteiger partial charge in [0.25, 0.3) is 0 Å². The van der Waals surface area contributed by atoms with Gasteiger partial charge < -0.3 is 4.74 Å². The molecule has 1 unspecified atom stereocenters. The van der Waals surface area contributed by atoms with Crippen LogP contribution in [-0.4, -0.2) is 17.0 Å². The van der Waals surface area contributed by atoms with Gasteiger partial charge in [0.2, 0.25) is 0 Å². The van der Waals surface area contributed by atoms with Gasteiger partial charge in [0.1, 0.15) is 5.78 Å². The molecule has 1 aromatic rings. The molecule has 0 radical (unpaired) electrons. The van der Waals surface area contributed by atoms with Gasteiger partial charge in [-0.3, -0.25) is 4.79 Å². The second kappa shape index (κ2) is 4.17. The van der Waals surface area contributed by atoms with Crippen molar-refractivity contribution < 1.29 is 9.53 Å². The quantitative estimate of drug-likeness (QED) is 0.834. The van der Waals surface area contributed by atoms with Crippen LogP contribution in [-0.2, 0) is 14.9 Å². The van der Waals surface area contributed by atoms with Crippen molar-refractivity contribution in [1.29, 1.82) is 0 Å². The molecule has 108 valence electrons. The van der Waals surface area contributed by atoms with Gasteiger partial charge in [0.05, 0.1) is 16.6 Å². The van der Waals surface area contributed by atoms with Crippen LogP contribution in [0.4, 0.5) is 0 Å². The summed E-state index contributed by atoms with van der Waals surface area (Å²) in [6.07, 6.45) is 2.80. The van der Waals surface area contributed by atoms with Gasteiger partial charge >= 0.3 is 0 Å². The van der Waals surface area contributed by atoms with E-state index < -0.39 is 0 Å². The van der Waals surface area contributed by atoms with Crippen molar-refractivity contribution in [3.63, 3.8) is 0 Å². The zero-order valence-corrected chi connectivity index (χ0v) is 12.9. The van der Waals surface area contributed by atoms with E-state index in [0.717, 1.165) is 19.3 Å². The monoisotopic (exact) mass is 272 g/mol. The number of Topliss-reactive ketones (excluding diaryl/α,β-unsaturated/α-hetero) is 1. The predicted octanol–water partition coefficient (Wildman–Crippen LogP) is 3.88. The van der Waals surface area contributed by atoms with E-state index in [4.69, 9.17) is 4.74 Å². The lowest BCUT2D eigenvalue weighted by atomic mass is 9.76. The first-order valence-electron chi connectivity index (χ1n) is 7.57. The van der Waals surface area contributed by atoms with Crippen molar-refractivity contribution in [2.45, 2.75) is 63.6 Å². The highest BCUT2D eigenvalue weighted by Crippen LogP contribution is 2.54. The molecule has 1 saturated heterocycles. The van der Waals surface area contributed by atoms with E-state index in [9.17, 15) is 4.79 Å². The fraction of sp³-hybridized carbons (Fsp3) is 0.611. The molecule has 0 aromatic heterocycles. The molecule has 2 nitrogen and oxygen atoms in total. The maximum absolute atomic E-state index is 13.2. The Labute approximate surface area is 121 Å². The number of ketones is 1. The second-order valence-electron chi connectivity index (χ2n) is 7.53. The molecule has 0 bridgehead atoms. The van der Waals surface area contributed by atoms with Crippen LogP contribution in [0.5, 0.6) is 0 Å². The second-order valence-corrected chi connectivity index (χ2v) is 7.53. The SMILES string of the molecule is CC1(C)CC(C(=O)C2(c3ccccc3)CC2)C(C)(C)O1. The lowest BCUT2D eigenvalue weighted by Gasteiger charge is -2.29. The largest absolute Gasteiger partial charge is 0.369 e. The number of hydrogen-bond acceptors (Lipinski definition) is 2. The normalized spacial score (nSPS) is 29.1. The summed E-state index contributed by atoms with van der Waals surface area (Å²) in [6.45, 7) is 8.30. The first-order valence-corrected chi connectivity index (χ1v) is 7.57. The molecule has 0 spiro atoms. The molecule has 1 saturated carbocycles. The molecule has 3 rings (SSSR count). The molecule has 1 aliphatic heterocycles. The van der Waals surface area contributed by atoms with Crippen LogP contribution < -0.4 is 0 Å². The summed E-state index contributed by atoms with van der Waals surface area (Å²) in [5.74, 6) is 0.388. The molecule has 1 aliphatic carbocycles. The summed E-state index contributed by atoms with van der Waals surface area (Å²) < 4.78 is 6.11. The highest BCUT2D eigenvalue weighted by atomic mass is 16.5. The zero-order chi connectivity index (χ0) is 14.6. The number of benzene rings is 1. The average molecular weight is 272 g/mol. The van der Waals surface area contributed by atoms with Gasteiger partial charge in [-0.2, -0.15) is 0 Å². The van der Waals surface area contributed by atoms with E-state index in [1.54, 1.807) is 0 Å². The van der Waals surface area contributed by atoms with Crippen LogP contribution >= 0.6 is 0 Å². The van der Waals surface area contributed by atoms with Gasteiger partial charge in [-0.05, 0) is 52.5 Å². The number of rotatable bonds is 3. The number of carbonyl (C=O) groups is 1. The number of ether oxygens (including phenoxy) is 1. The van der Waals surface area contributed by atoms with E-state index in [1.165, 1.54) is 5.56 Å². The van der Waals surface area contributed by atoms with Crippen LogP contribution in [0.25, 0.3) is 0 Å². The van der Waals surface area contributed by atoms with Crippen molar-refractivity contribution in [2.24, 2.45) is 5.92 Å². The molecule has 1 aromatic carbocycles. The van der Waals surface area contributed by atoms with Crippen molar-refractivity contribution in [3.05, 3.63) is 35.9 Å². The predicted molar refractivity (Wildman–Crippen MR) is 79.7 cm³/mol. The fourth-order valence-electron chi connectivity index (χ4n) is 3.86. The van der Waals surface area contributed by atoms with Gasteiger partial charge in [-0.25, -0.2) is 0 Å². The zero-order valence-electron chi connectivity index (χ0n) is 12.9. The van der Waals surface area contributed by atoms with Crippen molar-refractivity contribution in [3.8, 4) is 0 Å². The Kier molecular flexibility index (Phi) is 2.88. The smallest absolute Gasteiger partial charge is 0.149 e. The Hall–Kier alpha value is -1.15. The summed E-state index contributed by atoms with van der Waals surface area (Å²) in [5.41, 5.74) is 0.402. The molecule has 1 atom stereocenters. The molecule has 0 amide bonds. The maximum atomic E-state index is 13.2. The Bertz CT molecular complexity index is 524. The Morgan fingerprint density at radius 1 is 1.10 bits per heavy atom. The van der Waals surface area contributed by atoms with Gasteiger partial charge in [-0.15, -0.1) is 0 Å². The highest BCUT2D eigenvalue weighted by Gasteiger charge is 2.59. The van der Waals surface area contributed by atoms with Gasteiger partial charge in [-0.1, -0.05) is 30.3 Å². The first kappa shape index (κ1) is 13.8. The minimum atomic E-state index is -0.356. The minimum Gasteiger partial charge on any atom is -0.369 e. The topological polar surface area (TPSA) is 26.3 Å². The van der Waals surface area contributed by atoms with Crippen molar-refractivity contribution in [1.82, 2.24) is 0 Å². The van der Waals surface area contributed by atoms with E-state index in [0.29, 0.717) is 5.78 Å². The summed E-state index contributed by atoms with van der Waals surface area (Å²) in [6, 6.07) is 10.3. The summed E-state index contributed by atoms with van der Waals surface area (Å²) in [5, 5.41) is 0. The molecule has 2 heteroatoms. The molecular formula is C18H24O2. The van der Waals surface area contributed by atoms with Crippen LogP contribution in [0.1, 0.15) is 52.5 Å². The first-order chi connectivity index (χ1) is 9.27. The van der Waals surface area contributed by atoms with E-state index in [2.05, 4.69) is 39.8 Å². The molecule has 0 N–H and O–H groups in total. The summed E-state index contributed by atoms with van der Waals surface area (Å²) in [7, 11) is 0. The lowest BCUT2D eigenvalue weighted by molar-refractivity contribution is -0.131. The Morgan fingerprint density at radius 2 is 1.70 bits per heavy atom. The molecule has 20 heavy (non-hydrogen) atoms. The highest BCUT2D eigenvalue weighted by molar-refractivity contribution is 5.95. The molecule has 2 aliphatic rings. The van der Waals surface area contributed by atoms with Gasteiger partial charge in [0.15, 0.2) is 0 Å². The van der Waals surface area contributed by atoms with E-state index in [-0.39, 0.29) is 22.5 Å². The molecule has 2 fully saturated rings. The minimum absolute atomic E-state index is 0.000191. The Balaban J connectivity index is 1.91. The Morgan fingerprint density at radius 3 is 2.15 bits per heavy atom. The maximum Gasteiger partial charge on any atom is 0.149 e.